The van der Waals surface area contributed by atoms with Gasteiger partial charge in [-0.25, -0.2) is 4.98 Å². The van der Waals surface area contributed by atoms with Crippen LogP contribution in [0.3, 0.4) is 0 Å². The van der Waals surface area contributed by atoms with Gasteiger partial charge in [-0.2, -0.15) is 4.98 Å². The zero-order valence-corrected chi connectivity index (χ0v) is 17.3. The highest BCUT2D eigenvalue weighted by Gasteiger charge is 2.20. The molecular weight excluding hydrogens is 385 g/mol. The standard InChI is InChI=1S/C19H25Cl2N5O/c1-19(2,3)17(27)24-10-5-4-9-23-15-11-14(25-18(22)26-15)12-7-6-8-13(20)16(12)21/h6-8,11H,4-5,9-10H2,1-3H3,(H,24,27)(H3,22,23,25,26). The van der Waals surface area contributed by atoms with Gasteiger partial charge in [0.2, 0.25) is 11.9 Å². The predicted molar refractivity (Wildman–Crippen MR) is 112 cm³/mol. The molecule has 8 heteroatoms. The van der Waals surface area contributed by atoms with Gasteiger partial charge >= 0.3 is 0 Å². The lowest BCUT2D eigenvalue weighted by Gasteiger charge is -2.17. The summed E-state index contributed by atoms with van der Waals surface area (Å²) in [6.07, 6.45) is 1.74. The second kappa shape index (κ2) is 9.24. The Morgan fingerprint density at radius 3 is 2.56 bits per heavy atom. The van der Waals surface area contributed by atoms with E-state index in [9.17, 15) is 4.79 Å². The molecule has 0 aliphatic rings. The molecule has 2 rings (SSSR count). The fourth-order valence-electron chi connectivity index (χ4n) is 2.33. The van der Waals surface area contributed by atoms with Crippen LogP contribution in [0.5, 0.6) is 0 Å². The van der Waals surface area contributed by atoms with E-state index in [4.69, 9.17) is 28.9 Å². The highest BCUT2D eigenvalue weighted by Crippen LogP contribution is 2.33. The van der Waals surface area contributed by atoms with Crippen molar-refractivity contribution in [3.8, 4) is 11.3 Å². The third-order valence-electron chi connectivity index (χ3n) is 3.85. The van der Waals surface area contributed by atoms with Crippen LogP contribution in [-0.4, -0.2) is 29.0 Å². The van der Waals surface area contributed by atoms with Gasteiger partial charge in [-0.15, -0.1) is 0 Å². The number of unbranched alkanes of at least 4 members (excludes halogenated alkanes) is 1. The molecule has 1 heterocycles. The topological polar surface area (TPSA) is 92.9 Å². The van der Waals surface area contributed by atoms with Crippen molar-refractivity contribution < 1.29 is 4.79 Å². The zero-order valence-electron chi connectivity index (χ0n) is 15.8. The van der Waals surface area contributed by atoms with Crippen molar-refractivity contribution in [1.29, 1.82) is 0 Å². The minimum absolute atomic E-state index is 0.0575. The van der Waals surface area contributed by atoms with Crippen LogP contribution in [0.25, 0.3) is 11.3 Å². The molecule has 0 unspecified atom stereocenters. The second-order valence-electron chi connectivity index (χ2n) is 7.24. The minimum atomic E-state index is -0.366. The maximum absolute atomic E-state index is 11.8. The highest BCUT2D eigenvalue weighted by molar-refractivity contribution is 6.43. The number of halogens is 2. The molecule has 0 radical (unpaired) electrons. The number of nitrogens with two attached hydrogens (primary N) is 1. The number of anilines is 2. The van der Waals surface area contributed by atoms with Crippen molar-refractivity contribution in [2.24, 2.45) is 5.41 Å². The summed E-state index contributed by atoms with van der Waals surface area (Å²) in [6.45, 7) is 7.03. The summed E-state index contributed by atoms with van der Waals surface area (Å²) in [5.41, 5.74) is 6.77. The third kappa shape index (κ3) is 6.26. The molecule has 0 saturated heterocycles. The Bertz CT molecular complexity index is 805. The summed E-state index contributed by atoms with van der Waals surface area (Å²) in [5.74, 6) is 0.831. The van der Waals surface area contributed by atoms with Crippen LogP contribution in [0.2, 0.25) is 10.0 Å². The van der Waals surface area contributed by atoms with Gasteiger partial charge in [-0.05, 0) is 18.9 Å². The first kappa shape index (κ1) is 21.3. The Kier molecular flexibility index (Phi) is 7.27. The van der Waals surface area contributed by atoms with Crippen LogP contribution in [0, 0.1) is 5.41 Å². The number of nitrogens with one attached hydrogen (secondary N) is 2. The normalized spacial score (nSPS) is 11.3. The van der Waals surface area contributed by atoms with Crippen molar-refractivity contribution >= 4 is 40.9 Å². The maximum atomic E-state index is 11.8. The summed E-state index contributed by atoms with van der Waals surface area (Å²) in [7, 11) is 0. The van der Waals surface area contributed by atoms with Gasteiger partial charge in [0.15, 0.2) is 0 Å². The van der Waals surface area contributed by atoms with Crippen LogP contribution in [0.1, 0.15) is 33.6 Å². The molecule has 4 N–H and O–H groups in total. The first-order valence-electron chi connectivity index (χ1n) is 8.79. The Morgan fingerprint density at radius 1 is 1.15 bits per heavy atom. The van der Waals surface area contributed by atoms with E-state index in [1.807, 2.05) is 26.8 Å². The zero-order chi connectivity index (χ0) is 20.0. The molecule has 6 nitrogen and oxygen atoms in total. The number of hydrogen-bond donors (Lipinski definition) is 3. The largest absolute Gasteiger partial charge is 0.370 e. The maximum Gasteiger partial charge on any atom is 0.225 e. The van der Waals surface area contributed by atoms with E-state index < -0.39 is 0 Å². The van der Waals surface area contributed by atoms with E-state index in [1.165, 1.54) is 0 Å². The lowest BCUT2D eigenvalue weighted by Crippen LogP contribution is -2.35. The number of amides is 1. The molecule has 1 aromatic heterocycles. The number of nitrogens with zero attached hydrogens (tertiary/aromatic N) is 2. The fourth-order valence-corrected chi connectivity index (χ4v) is 2.73. The number of aromatic nitrogens is 2. The summed E-state index contributed by atoms with van der Waals surface area (Å²) in [4.78, 5) is 20.2. The van der Waals surface area contributed by atoms with E-state index in [0.29, 0.717) is 40.2 Å². The molecule has 0 aliphatic carbocycles. The summed E-state index contributed by atoms with van der Waals surface area (Å²) in [5, 5.41) is 7.05. The van der Waals surface area contributed by atoms with Crippen molar-refractivity contribution in [3.63, 3.8) is 0 Å². The summed E-state index contributed by atoms with van der Waals surface area (Å²) < 4.78 is 0. The van der Waals surface area contributed by atoms with Crippen LogP contribution >= 0.6 is 23.2 Å². The molecule has 2 aromatic rings. The molecule has 0 saturated carbocycles. The summed E-state index contributed by atoms with van der Waals surface area (Å²) in [6, 6.07) is 7.14. The van der Waals surface area contributed by atoms with E-state index in [2.05, 4.69) is 20.6 Å². The number of hydrogen-bond acceptors (Lipinski definition) is 5. The van der Waals surface area contributed by atoms with E-state index >= 15 is 0 Å². The van der Waals surface area contributed by atoms with Crippen molar-refractivity contribution in [2.75, 3.05) is 24.1 Å². The Morgan fingerprint density at radius 2 is 1.85 bits per heavy atom. The molecule has 146 valence electrons. The molecule has 1 amide bonds. The number of carbonyl (C=O) groups excluding carboxylic acids is 1. The average Bonchev–Trinajstić information content (AvgIpc) is 2.58. The lowest BCUT2D eigenvalue weighted by atomic mass is 9.96. The number of nitrogen functional groups attached to an aromatic ring is 1. The molecule has 27 heavy (non-hydrogen) atoms. The molecule has 1 aromatic carbocycles. The average molecular weight is 410 g/mol. The van der Waals surface area contributed by atoms with Crippen LogP contribution in [0.15, 0.2) is 24.3 Å². The SMILES string of the molecule is CC(C)(C)C(=O)NCCCCNc1cc(-c2cccc(Cl)c2Cl)nc(N)n1. The molecule has 0 spiro atoms. The predicted octanol–water partition coefficient (Wildman–Crippen LogP) is 4.39. The summed E-state index contributed by atoms with van der Waals surface area (Å²) >= 11 is 12.3. The number of rotatable bonds is 7. The van der Waals surface area contributed by atoms with Gasteiger partial charge in [0.1, 0.15) is 5.82 Å². The Labute approximate surface area is 169 Å². The fraction of sp³-hybridized carbons (Fsp3) is 0.421. The lowest BCUT2D eigenvalue weighted by molar-refractivity contribution is -0.128. The van der Waals surface area contributed by atoms with Gasteiger partial charge in [-0.3, -0.25) is 4.79 Å². The quantitative estimate of drug-likeness (QED) is 0.589. The van der Waals surface area contributed by atoms with Crippen molar-refractivity contribution in [1.82, 2.24) is 15.3 Å². The molecule has 0 aliphatic heterocycles. The smallest absolute Gasteiger partial charge is 0.225 e. The van der Waals surface area contributed by atoms with E-state index in [0.717, 1.165) is 12.8 Å². The molecular formula is C19H25Cl2N5O. The van der Waals surface area contributed by atoms with Crippen LogP contribution < -0.4 is 16.4 Å². The second-order valence-corrected chi connectivity index (χ2v) is 8.02. The Balaban J connectivity index is 1.90. The highest BCUT2D eigenvalue weighted by atomic mass is 35.5. The molecule has 0 bridgehead atoms. The first-order chi connectivity index (χ1) is 12.7. The third-order valence-corrected chi connectivity index (χ3v) is 4.67. The monoisotopic (exact) mass is 409 g/mol. The van der Waals surface area contributed by atoms with E-state index in [-0.39, 0.29) is 17.3 Å². The van der Waals surface area contributed by atoms with E-state index in [1.54, 1.807) is 18.2 Å². The van der Waals surface area contributed by atoms with Gasteiger partial charge in [-0.1, -0.05) is 56.1 Å². The minimum Gasteiger partial charge on any atom is -0.370 e. The number of carbonyl (C=O) groups is 1. The van der Waals surface area contributed by atoms with Gasteiger partial charge < -0.3 is 16.4 Å². The van der Waals surface area contributed by atoms with Crippen LogP contribution in [-0.2, 0) is 4.79 Å². The van der Waals surface area contributed by atoms with Crippen molar-refractivity contribution in [3.05, 3.63) is 34.3 Å². The number of benzene rings is 1. The van der Waals surface area contributed by atoms with Gasteiger partial charge in [0, 0.05) is 30.1 Å². The molecule has 0 fully saturated rings. The first-order valence-corrected chi connectivity index (χ1v) is 9.55. The Hall–Kier alpha value is -2.05. The van der Waals surface area contributed by atoms with Gasteiger partial charge in [0.05, 0.1) is 15.7 Å². The molecule has 0 atom stereocenters. The van der Waals surface area contributed by atoms with Gasteiger partial charge in [0.25, 0.3) is 0 Å². The van der Waals surface area contributed by atoms with Crippen molar-refractivity contribution in [2.45, 2.75) is 33.6 Å². The van der Waals surface area contributed by atoms with Crippen LogP contribution in [0.4, 0.5) is 11.8 Å².